The Hall–Kier alpha value is -1.64. The molecule has 0 aliphatic heterocycles. The first-order chi connectivity index (χ1) is 8.25. The number of carbonyl (C=O) groups excluding carboxylic acids is 2. The van der Waals surface area contributed by atoms with Crippen molar-refractivity contribution >= 4 is 11.8 Å². The third kappa shape index (κ3) is 3.41. The minimum Gasteiger partial charge on any atom is -0.461 e. The average Bonchev–Trinajstić information content (AvgIpc) is 2.37. The van der Waals surface area contributed by atoms with E-state index in [0.29, 0.717) is 19.4 Å². The lowest BCUT2D eigenvalue weighted by Gasteiger charge is -2.19. The van der Waals surface area contributed by atoms with Crippen molar-refractivity contribution in [3.05, 3.63) is 35.9 Å². The average molecular weight is 232 g/mol. The van der Waals surface area contributed by atoms with Crippen molar-refractivity contribution in [1.29, 1.82) is 0 Å². The second-order valence-corrected chi connectivity index (χ2v) is 4.43. The Labute approximate surface area is 101 Å². The summed E-state index contributed by atoms with van der Waals surface area (Å²) in [6, 6.07) is 9.57. The van der Waals surface area contributed by atoms with Crippen molar-refractivity contribution < 1.29 is 14.3 Å². The molecule has 0 bridgehead atoms. The highest BCUT2D eigenvalue weighted by Gasteiger charge is 2.26. The Morgan fingerprint density at radius 3 is 2.76 bits per heavy atom. The predicted molar refractivity (Wildman–Crippen MR) is 63.2 cm³/mol. The molecule has 2 rings (SSSR count). The van der Waals surface area contributed by atoms with E-state index in [9.17, 15) is 9.59 Å². The first-order valence-electron chi connectivity index (χ1n) is 5.98. The number of benzene rings is 1. The van der Waals surface area contributed by atoms with Crippen LogP contribution in [-0.2, 0) is 20.9 Å². The summed E-state index contributed by atoms with van der Waals surface area (Å²) in [6.45, 7) is 0.296. The van der Waals surface area contributed by atoms with Gasteiger partial charge in [-0.15, -0.1) is 0 Å². The standard InChI is InChI=1S/C14H16O3/c15-13-8-4-7-12(9-13)14(16)17-10-11-5-2-1-3-6-11/h1-3,5-6,12H,4,7-10H2/t12-/m0/s1. The maximum atomic E-state index is 11.7. The van der Waals surface area contributed by atoms with Crippen LogP contribution in [0.1, 0.15) is 31.2 Å². The van der Waals surface area contributed by atoms with Gasteiger partial charge in [-0.2, -0.15) is 0 Å². The zero-order valence-corrected chi connectivity index (χ0v) is 9.72. The van der Waals surface area contributed by atoms with Gasteiger partial charge in [0.25, 0.3) is 0 Å². The molecule has 0 radical (unpaired) electrons. The molecule has 1 aliphatic rings. The highest BCUT2D eigenvalue weighted by molar-refractivity contribution is 5.85. The maximum Gasteiger partial charge on any atom is 0.309 e. The summed E-state index contributed by atoms with van der Waals surface area (Å²) in [5.41, 5.74) is 0.975. The van der Waals surface area contributed by atoms with Gasteiger partial charge < -0.3 is 4.74 Å². The van der Waals surface area contributed by atoms with E-state index >= 15 is 0 Å². The predicted octanol–water partition coefficient (Wildman–Crippen LogP) is 2.49. The fourth-order valence-electron chi connectivity index (χ4n) is 2.07. The Bertz CT molecular complexity index is 397. The van der Waals surface area contributed by atoms with Crippen molar-refractivity contribution in [3.63, 3.8) is 0 Å². The van der Waals surface area contributed by atoms with Crippen LogP contribution in [0.15, 0.2) is 30.3 Å². The monoisotopic (exact) mass is 232 g/mol. The molecule has 17 heavy (non-hydrogen) atoms. The van der Waals surface area contributed by atoms with Crippen LogP contribution in [0.25, 0.3) is 0 Å². The van der Waals surface area contributed by atoms with Crippen LogP contribution in [0.3, 0.4) is 0 Å². The molecular weight excluding hydrogens is 216 g/mol. The zero-order chi connectivity index (χ0) is 12.1. The van der Waals surface area contributed by atoms with Crippen molar-refractivity contribution in [1.82, 2.24) is 0 Å². The molecule has 0 aromatic heterocycles. The van der Waals surface area contributed by atoms with Gasteiger partial charge >= 0.3 is 5.97 Å². The van der Waals surface area contributed by atoms with Crippen molar-refractivity contribution in [2.24, 2.45) is 5.92 Å². The molecule has 1 aromatic carbocycles. The maximum absolute atomic E-state index is 11.7. The Balaban J connectivity index is 1.83. The van der Waals surface area contributed by atoms with Crippen LogP contribution in [0, 0.1) is 5.92 Å². The van der Waals surface area contributed by atoms with E-state index in [4.69, 9.17) is 4.74 Å². The van der Waals surface area contributed by atoms with E-state index in [-0.39, 0.29) is 17.7 Å². The molecule has 90 valence electrons. The number of carbonyl (C=O) groups is 2. The smallest absolute Gasteiger partial charge is 0.309 e. The van der Waals surface area contributed by atoms with Crippen molar-refractivity contribution in [2.45, 2.75) is 32.3 Å². The SMILES string of the molecule is O=C1CCC[C@H](C(=O)OCc2ccccc2)C1. The lowest BCUT2D eigenvalue weighted by atomic mass is 9.88. The van der Waals surface area contributed by atoms with E-state index in [1.54, 1.807) is 0 Å². The molecule has 1 aliphatic carbocycles. The number of rotatable bonds is 3. The fourth-order valence-corrected chi connectivity index (χ4v) is 2.07. The number of hydrogen-bond acceptors (Lipinski definition) is 3. The van der Waals surface area contributed by atoms with E-state index in [0.717, 1.165) is 18.4 Å². The lowest BCUT2D eigenvalue weighted by molar-refractivity contribution is -0.152. The van der Waals surface area contributed by atoms with Crippen LogP contribution < -0.4 is 0 Å². The third-order valence-electron chi connectivity index (χ3n) is 3.04. The molecule has 0 unspecified atom stereocenters. The largest absolute Gasteiger partial charge is 0.461 e. The lowest BCUT2D eigenvalue weighted by Crippen LogP contribution is -2.24. The normalized spacial score (nSPS) is 20.0. The molecule has 1 fully saturated rings. The van der Waals surface area contributed by atoms with Crippen LogP contribution in [0.2, 0.25) is 0 Å². The summed E-state index contributed by atoms with van der Waals surface area (Å²) in [4.78, 5) is 23.0. The fraction of sp³-hybridized carbons (Fsp3) is 0.429. The second-order valence-electron chi connectivity index (χ2n) is 4.43. The summed E-state index contributed by atoms with van der Waals surface area (Å²) in [5.74, 6) is -0.278. The van der Waals surface area contributed by atoms with E-state index in [1.165, 1.54) is 0 Å². The van der Waals surface area contributed by atoms with Gasteiger partial charge in [-0.25, -0.2) is 0 Å². The van der Waals surface area contributed by atoms with Crippen molar-refractivity contribution in [3.8, 4) is 0 Å². The minimum absolute atomic E-state index is 0.179. The minimum atomic E-state index is -0.234. The van der Waals surface area contributed by atoms with Gasteiger partial charge in [0.05, 0.1) is 5.92 Å². The molecule has 3 heteroatoms. The second kappa shape index (κ2) is 5.62. The van der Waals surface area contributed by atoms with Crippen LogP contribution in [0.5, 0.6) is 0 Å². The summed E-state index contributed by atoms with van der Waals surface area (Å²) in [6.07, 6.45) is 2.55. The summed E-state index contributed by atoms with van der Waals surface area (Å²) in [7, 11) is 0. The Kier molecular flexibility index (Phi) is 3.91. The Morgan fingerprint density at radius 1 is 1.29 bits per heavy atom. The quantitative estimate of drug-likeness (QED) is 0.752. The third-order valence-corrected chi connectivity index (χ3v) is 3.04. The number of Topliss-reactive ketones (excluding diaryl/α,β-unsaturated/α-hetero) is 1. The van der Waals surface area contributed by atoms with Gasteiger partial charge in [0.15, 0.2) is 0 Å². The van der Waals surface area contributed by atoms with Crippen LogP contribution in [0.4, 0.5) is 0 Å². The van der Waals surface area contributed by atoms with Gasteiger partial charge in [-0.1, -0.05) is 30.3 Å². The van der Waals surface area contributed by atoms with Gasteiger partial charge in [0.1, 0.15) is 12.4 Å². The number of esters is 1. The molecule has 1 atom stereocenters. The molecule has 0 spiro atoms. The summed E-state index contributed by atoms with van der Waals surface area (Å²) in [5, 5.41) is 0. The molecule has 3 nitrogen and oxygen atoms in total. The molecule has 0 amide bonds. The molecular formula is C14H16O3. The van der Waals surface area contributed by atoms with Crippen LogP contribution in [-0.4, -0.2) is 11.8 Å². The molecule has 0 heterocycles. The van der Waals surface area contributed by atoms with Crippen LogP contribution >= 0.6 is 0 Å². The summed E-state index contributed by atoms with van der Waals surface area (Å²) >= 11 is 0. The van der Waals surface area contributed by atoms with Gasteiger partial charge in [-0.3, -0.25) is 9.59 Å². The zero-order valence-electron chi connectivity index (χ0n) is 9.72. The molecule has 0 saturated heterocycles. The van der Waals surface area contributed by atoms with Gasteiger partial charge in [0.2, 0.25) is 0 Å². The molecule has 0 N–H and O–H groups in total. The van der Waals surface area contributed by atoms with Gasteiger partial charge in [0, 0.05) is 12.8 Å². The highest BCUT2D eigenvalue weighted by Crippen LogP contribution is 2.22. The van der Waals surface area contributed by atoms with Crippen molar-refractivity contribution in [2.75, 3.05) is 0 Å². The first-order valence-corrected chi connectivity index (χ1v) is 5.98. The van der Waals surface area contributed by atoms with Gasteiger partial charge in [-0.05, 0) is 18.4 Å². The number of ketones is 1. The van der Waals surface area contributed by atoms with E-state index in [1.807, 2.05) is 30.3 Å². The number of hydrogen-bond donors (Lipinski definition) is 0. The molecule has 1 aromatic rings. The summed E-state index contributed by atoms with van der Waals surface area (Å²) < 4.78 is 5.22. The topological polar surface area (TPSA) is 43.4 Å². The van der Waals surface area contributed by atoms with E-state index in [2.05, 4.69) is 0 Å². The first kappa shape index (κ1) is 11.8. The highest BCUT2D eigenvalue weighted by atomic mass is 16.5. The molecule has 1 saturated carbocycles. The van der Waals surface area contributed by atoms with E-state index < -0.39 is 0 Å². The Morgan fingerprint density at radius 2 is 2.06 bits per heavy atom. The number of ether oxygens (including phenoxy) is 1.